The maximum Gasteiger partial charge on any atom is 0.220 e. The second-order valence-corrected chi connectivity index (χ2v) is 7.39. The third-order valence-corrected chi connectivity index (χ3v) is 4.84. The van der Waals surface area contributed by atoms with E-state index in [-0.39, 0.29) is 12.5 Å². The third kappa shape index (κ3) is 14.0. The van der Waals surface area contributed by atoms with Gasteiger partial charge in [0.25, 0.3) is 0 Å². The van der Waals surface area contributed by atoms with Crippen molar-refractivity contribution in [2.24, 2.45) is 0 Å². The highest BCUT2D eigenvalue weighted by molar-refractivity contribution is 5.75. The van der Waals surface area contributed by atoms with Crippen LogP contribution in [0.1, 0.15) is 84.0 Å². The van der Waals surface area contributed by atoms with Crippen LogP contribution < -0.4 is 5.32 Å². The summed E-state index contributed by atoms with van der Waals surface area (Å²) in [6.07, 6.45) is 7.36. The van der Waals surface area contributed by atoms with Crippen molar-refractivity contribution in [3.05, 3.63) is 0 Å². The molecule has 7 nitrogen and oxygen atoms in total. The molecule has 0 fully saturated rings. The minimum absolute atomic E-state index is 0.214. The fourth-order valence-electron chi connectivity index (χ4n) is 2.94. The zero-order chi connectivity index (χ0) is 20.5. The maximum atomic E-state index is 11.7. The standard InChI is InChI=1S/C20H41NO6/c1-2-3-4-5-6-7-8-9-10-11-12-13-18(25)21-14-16(23)19(26)20(27)17(24)15-22/h16-17,19-20,22-24,26-27H,2-15H2,1H3,(H,21,25)/t16-,17+,19+,20+/m0/s1. The number of hydrogen-bond acceptors (Lipinski definition) is 6. The molecule has 0 radical (unpaired) electrons. The Morgan fingerprint density at radius 2 is 1.19 bits per heavy atom. The first kappa shape index (κ1) is 26.3. The smallest absolute Gasteiger partial charge is 0.220 e. The summed E-state index contributed by atoms with van der Waals surface area (Å²) in [6.45, 7) is 1.28. The van der Waals surface area contributed by atoms with Crippen molar-refractivity contribution in [2.75, 3.05) is 13.2 Å². The van der Waals surface area contributed by atoms with E-state index >= 15 is 0 Å². The number of aliphatic hydroxyl groups excluding tert-OH is 5. The summed E-state index contributed by atoms with van der Waals surface area (Å²) in [5, 5.41) is 49.3. The minimum Gasteiger partial charge on any atom is -0.394 e. The molecule has 0 aromatic rings. The van der Waals surface area contributed by atoms with Crippen molar-refractivity contribution in [3.63, 3.8) is 0 Å². The quantitative estimate of drug-likeness (QED) is 0.195. The molecule has 7 heteroatoms. The van der Waals surface area contributed by atoms with Gasteiger partial charge in [0, 0.05) is 13.0 Å². The van der Waals surface area contributed by atoms with Gasteiger partial charge in [-0.25, -0.2) is 0 Å². The van der Waals surface area contributed by atoms with Crippen LogP contribution >= 0.6 is 0 Å². The molecule has 162 valence electrons. The molecular formula is C20H41NO6. The number of rotatable bonds is 18. The Morgan fingerprint density at radius 3 is 1.67 bits per heavy atom. The molecule has 0 spiro atoms. The van der Waals surface area contributed by atoms with Gasteiger partial charge < -0.3 is 30.8 Å². The molecular weight excluding hydrogens is 350 g/mol. The van der Waals surface area contributed by atoms with E-state index < -0.39 is 31.0 Å². The minimum atomic E-state index is -1.67. The van der Waals surface area contributed by atoms with Crippen molar-refractivity contribution >= 4 is 5.91 Å². The van der Waals surface area contributed by atoms with Crippen LogP contribution in [0.4, 0.5) is 0 Å². The number of unbranched alkanes of at least 4 members (excludes halogenated alkanes) is 10. The molecule has 0 aliphatic carbocycles. The average molecular weight is 392 g/mol. The van der Waals surface area contributed by atoms with E-state index in [0.29, 0.717) is 6.42 Å². The lowest BCUT2D eigenvalue weighted by Crippen LogP contribution is -2.49. The first-order valence-corrected chi connectivity index (χ1v) is 10.5. The van der Waals surface area contributed by atoms with Crippen LogP contribution in [-0.2, 0) is 4.79 Å². The monoisotopic (exact) mass is 391 g/mol. The summed E-state index contributed by atoms with van der Waals surface area (Å²) in [4.78, 5) is 11.7. The molecule has 0 rings (SSSR count). The molecule has 4 atom stereocenters. The number of carbonyl (C=O) groups is 1. The SMILES string of the molecule is CCCCCCCCCCCCCC(=O)NC[C@H](O)[C@@H](O)[C@H](O)[C@H](O)CO. The number of hydrogen-bond donors (Lipinski definition) is 6. The predicted molar refractivity (Wildman–Crippen MR) is 105 cm³/mol. The first-order valence-electron chi connectivity index (χ1n) is 10.5. The van der Waals surface area contributed by atoms with Crippen LogP contribution in [0.3, 0.4) is 0 Å². The number of carbonyl (C=O) groups excluding carboxylic acids is 1. The van der Waals surface area contributed by atoms with Gasteiger partial charge in [-0.2, -0.15) is 0 Å². The Kier molecular flexibility index (Phi) is 16.9. The Balaban J connectivity index is 3.58. The molecule has 1 amide bonds. The second kappa shape index (κ2) is 17.4. The lowest BCUT2D eigenvalue weighted by molar-refractivity contribution is -0.126. The molecule has 0 aromatic carbocycles. The van der Waals surface area contributed by atoms with Gasteiger partial charge in [0.1, 0.15) is 18.3 Å². The molecule has 0 saturated heterocycles. The Morgan fingerprint density at radius 1 is 0.741 bits per heavy atom. The zero-order valence-corrected chi connectivity index (χ0v) is 16.9. The summed E-state index contributed by atoms with van der Waals surface area (Å²) in [5.41, 5.74) is 0. The van der Waals surface area contributed by atoms with Crippen molar-refractivity contribution in [1.29, 1.82) is 0 Å². The van der Waals surface area contributed by atoms with Gasteiger partial charge in [0.05, 0.1) is 12.7 Å². The Bertz CT molecular complexity index is 355. The van der Waals surface area contributed by atoms with Crippen LogP contribution in [0.2, 0.25) is 0 Å². The fraction of sp³-hybridized carbons (Fsp3) is 0.950. The van der Waals surface area contributed by atoms with E-state index in [4.69, 9.17) is 5.11 Å². The van der Waals surface area contributed by atoms with Gasteiger partial charge in [-0.05, 0) is 6.42 Å². The highest BCUT2D eigenvalue weighted by atomic mass is 16.4. The van der Waals surface area contributed by atoms with E-state index in [2.05, 4.69) is 12.2 Å². The van der Waals surface area contributed by atoms with Gasteiger partial charge in [-0.3, -0.25) is 4.79 Å². The zero-order valence-electron chi connectivity index (χ0n) is 16.9. The molecule has 6 N–H and O–H groups in total. The topological polar surface area (TPSA) is 130 Å². The first-order chi connectivity index (χ1) is 12.9. The van der Waals surface area contributed by atoms with E-state index in [9.17, 15) is 25.2 Å². The molecule has 0 aromatic heterocycles. The van der Waals surface area contributed by atoms with Crippen molar-refractivity contribution in [3.8, 4) is 0 Å². The van der Waals surface area contributed by atoms with Crippen molar-refractivity contribution in [1.82, 2.24) is 5.32 Å². The van der Waals surface area contributed by atoms with E-state index in [1.165, 1.54) is 51.4 Å². The summed E-state index contributed by atoms with van der Waals surface area (Å²) < 4.78 is 0. The fourth-order valence-corrected chi connectivity index (χ4v) is 2.94. The molecule has 0 bridgehead atoms. The van der Waals surface area contributed by atoms with Gasteiger partial charge >= 0.3 is 0 Å². The highest BCUT2D eigenvalue weighted by Gasteiger charge is 2.30. The van der Waals surface area contributed by atoms with Crippen molar-refractivity contribution in [2.45, 2.75) is 108 Å². The van der Waals surface area contributed by atoms with Crippen LogP contribution in [0.25, 0.3) is 0 Å². The average Bonchev–Trinajstić information content (AvgIpc) is 2.68. The van der Waals surface area contributed by atoms with Crippen molar-refractivity contribution < 1.29 is 30.3 Å². The number of amides is 1. The van der Waals surface area contributed by atoms with Gasteiger partial charge in [0.2, 0.25) is 5.91 Å². The summed E-state index contributed by atoms with van der Waals surface area (Å²) in [5.74, 6) is -0.214. The summed E-state index contributed by atoms with van der Waals surface area (Å²) >= 11 is 0. The second-order valence-electron chi connectivity index (χ2n) is 7.39. The largest absolute Gasteiger partial charge is 0.394 e. The molecule has 0 saturated carbocycles. The molecule has 0 aliphatic heterocycles. The number of nitrogens with one attached hydrogen (secondary N) is 1. The van der Waals surface area contributed by atoms with E-state index in [1.54, 1.807) is 0 Å². The van der Waals surface area contributed by atoms with E-state index in [1.807, 2.05) is 0 Å². The lowest BCUT2D eigenvalue weighted by atomic mass is 10.0. The molecule has 0 unspecified atom stereocenters. The van der Waals surface area contributed by atoms with Crippen LogP contribution in [0.5, 0.6) is 0 Å². The van der Waals surface area contributed by atoms with Gasteiger partial charge in [0.15, 0.2) is 0 Å². The van der Waals surface area contributed by atoms with Crippen LogP contribution in [0.15, 0.2) is 0 Å². The lowest BCUT2D eigenvalue weighted by Gasteiger charge is -2.25. The molecule has 0 heterocycles. The highest BCUT2D eigenvalue weighted by Crippen LogP contribution is 2.12. The van der Waals surface area contributed by atoms with Gasteiger partial charge in [-0.1, -0.05) is 71.1 Å². The third-order valence-electron chi connectivity index (χ3n) is 4.84. The Labute approximate surface area is 163 Å². The predicted octanol–water partition coefficient (Wildman–Crippen LogP) is 1.24. The molecule has 0 aliphatic rings. The van der Waals surface area contributed by atoms with Crippen LogP contribution in [0, 0.1) is 0 Å². The maximum absolute atomic E-state index is 11.7. The molecule has 27 heavy (non-hydrogen) atoms. The normalized spacial score (nSPS) is 15.9. The summed E-state index contributed by atoms with van der Waals surface area (Å²) in [7, 11) is 0. The van der Waals surface area contributed by atoms with Crippen LogP contribution in [-0.4, -0.2) is 69.0 Å². The van der Waals surface area contributed by atoms with Gasteiger partial charge in [-0.15, -0.1) is 0 Å². The van der Waals surface area contributed by atoms with E-state index in [0.717, 1.165) is 19.3 Å². The summed E-state index contributed by atoms with van der Waals surface area (Å²) in [6, 6.07) is 0. The number of aliphatic hydroxyl groups is 5. The Hall–Kier alpha value is -0.730.